The quantitative estimate of drug-likeness (QED) is 0.607. The topological polar surface area (TPSA) is 91.6 Å². The Morgan fingerprint density at radius 1 is 1.29 bits per heavy atom. The van der Waals surface area contributed by atoms with E-state index in [1.807, 2.05) is 0 Å². The van der Waals surface area contributed by atoms with Gasteiger partial charge in [0, 0.05) is 12.6 Å². The van der Waals surface area contributed by atoms with Gasteiger partial charge >= 0.3 is 0 Å². The van der Waals surface area contributed by atoms with Crippen molar-refractivity contribution in [3.63, 3.8) is 0 Å². The lowest BCUT2D eigenvalue weighted by Crippen LogP contribution is -2.32. The summed E-state index contributed by atoms with van der Waals surface area (Å²) in [6.07, 6.45) is 1.14. The Kier molecular flexibility index (Phi) is 7.37. The molecule has 0 aliphatic heterocycles. The van der Waals surface area contributed by atoms with Crippen LogP contribution in [-0.4, -0.2) is 32.7 Å². The maximum atomic E-state index is 12.1. The fourth-order valence-electron chi connectivity index (χ4n) is 1.86. The van der Waals surface area contributed by atoms with Crippen molar-refractivity contribution >= 4 is 10.0 Å². The molecule has 0 amide bonds. The maximum Gasteiger partial charge on any atom is 0.274 e. The van der Waals surface area contributed by atoms with Gasteiger partial charge in [-0.3, -0.25) is 0 Å². The Balaban J connectivity index is 2.57. The molecule has 1 aromatic rings. The smallest absolute Gasteiger partial charge is 0.274 e. The molecule has 21 heavy (non-hydrogen) atoms. The van der Waals surface area contributed by atoms with Crippen molar-refractivity contribution < 1.29 is 17.9 Å². The molecule has 0 aliphatic rings. The SMILES string of the molecule is CC(C)CNCc1ccc(S(=O)(=O)NC(C)CCCO)o1. The molecule has 0 radical (unpaired) electrons. The second kappa shape index (κ2) is 8.53. The average molecular weight is 318 g/mol. The minimum atomic E-state index is -3.64. The van der Waals surface area contributed by atoms with Crippen molar-refractivity contribution in [3.05, 3.63) is 17.9 Å². The van der Waals surface area contributed by atoms with Gasteiger partial charge in [-0.1, -0.05) is 13.8 Å². The van der Waals surface area contributed by atoms with E-state index in [1.165, 1.54) is 6.07 Å². The molecule has 1 unspecified atom stereocenters. The lowest BCUT2D eigenvalue weighted by molar-refractivity contribution is 0.279. The first-order valence-corrected chi connectivity index (χ1v) is 8.76. The molecule has 0 bridgehead atoms. The van der Waals surface area contributed by atoms with E-state index < -0.39 is 10.0 Å². The Hall–Kier alpha value is -0.890. The van der Waals surface area contributed by atoms with Gasteiger partial charge in [0.2, 0.25) is 5.09 Å². The number of sulfonamides is 1. The summed E-state index contributed by atoms with van der Waals surface area (Å²) in [6.45, 7) is 7.37. The number of hydrogen-bond donors (Lipinski definition) is 3. The second-order valence-electron chi connectivity index (χ2n) is 5.63. The Morgan fingerprint density at radius 3 is 2.62 bits per heavy atom. The highest BCUT2D eigenvalue weighted by atomic mass is 32.2. The summed E-state index contributed by atoms with van der Waals surface area (Å²) in [4.78, 5) is 0. The molecule has 7 heteroatoms. The van der Waals surface area contributed by atoms with Crippen LogP contribution in [0.2, 0.25) is 0 Å². The molecule has 122 valence electrons. The van der Waals surface area contributed by atoms with Gasteiger partial charge in [0.15, 0.2) is 0 Å². The first-order chi connectivity index (χ1) is 9.85. The molecule has 3 N–H and O–H groups in total. The number of aliphatic hydroxyl groups is 1. The van der Waals surface area contributed by atoms with Crippen molar-refractivity contribution in [2.45, 2.75) is 51.3 Å². The van der Waals surface area contributed by atoms with Crippen molar-refractivity contribution in [3.8, 4) is 0 Å². The summed E-state index contributed by atoms with van der Waals surface area (Å²) in [6, 6.07) is 2.89. The van der Waals surface area contributed by atoms with E-state index in [9.17, 15) is 8.42 Å². The van der Waals surface area contributed by atoms with Crippen LogP contribution < -0.4 is 10.0 Å². The molecule has 0 aromatic carbocycles. The molecule has 6 nitrogen and oxygen atoms in total. The highest BCUT2D eigenvalue weighted by Crippen LogP contribution is 2.15. The lowest BCUT2D eigenvalue weighted by Gasteiger charge is -2.12. The van der Waals surface area contributed by atoms with Gasteiger partial charge in [-0.05, 0) is 44.4 Å². The predicted molar refractivity (Wildman–Crippen MR) is 81.4 cm³/mol. The van der Waals surface area contributed by atoms with E-state index in [4.69, 9.17) is 9.52 Å². The summed E-state index contributed by atoms with van der Waals surface area (Å²) < 4.78 is 32.1. The molecule has 0 aliphatic carbocycles. The normalized spacial score (nSPS) is 13.8. The van der Waals surface area contributed by atoms with Gasteiger partial charge in [0.25, 0.3) is 10.0 Å². The van der Waals surface area contributed by atoms with Crippen LogP contribution in [0, 0.1) is 5.92 Å². The van der Waals surface area contributed by atoms with Crippen LogP contribution in [0.15, 0.2) is 21.6 Å². The van der Waals surface area contributed by atoms with E-state index in [1.54, 1.807) is 13.0 Å². The minimum Gasteiger partial charge on any atom is -0.447 e. The van der Waals surface area contributed by atoms with Crippen molar-refractivity contribution in [1.29, 1.82) is 0 Å². The van der Waals surface area contributed by atoms with E-state index in [2.05, 4.69) is 23.9 Å². The van der Waals surface area contributed by atoms with Crippen LogP contribution in [0.3, 0.4) is 0 Å². The fraction of sp³-hybridized carbons (Fsp3) is 0.714. The third kappa shape index (κ3) is 6.60. The molecule has 1 heterocycles. The van der Waals surface area contributed by atoms with E-state index >= 15 is 0 Å². The zero-order valence-electron chi connectivity index (χ0n) is 12.9. The fourth-order valence-corrected chi connectivity index (χ4v) is 3.09. The van der Waals surface area contributed by atoms with Crippen LogP contribution in [0.5, 0.6) is 0 Å². The molecular formula is C14H26N2O4S. The lowest BCUT2D eigenvalue weighted by atomic mass is 10.2. The monoisotopic (exact) mass is 318 g/mol. The number of furan rings is 1. The third-order valence-corrected chi connectivity index (χ3v) is 4.37. The number of rotatable bonds is 10. The molecule has 0 fully saturated rings. The first kappa shape index (κ1) is 18.2. The maximum absolute atomic E-state index is 12.1. The summed E-state index contributed by atoms with van der Waals surface area (Å²) in [5.74, 6) is 1.12. The van der Waals surface area contributed by atoms with Gasteiger partial charge in [0.05, 0.1) is 6.54 Å². The number of hydrogen-bond acceptors (Lipinski definition) is 5. The molecule has 0 spiro atoms. The summed E-state index contributed by atoms with van der Waals surface area (Å²) in [7, 11) is -3.64. The van der Waals surface area contributed by atoms with Crippen LogP contribution in [0.1, 0.15) is 39.4 Å². The summed E-state index contributed by atoms with van der Waals surface area (Å²) in [5, 5.41) is 11.9. The Labute approximate surface area is 127 Å². The predicted octanol–water partition coefficient (Wildman–Crippen LogP) is 1.46. The van der Waals surface area contributed by atoms with E-state index in [0.717, 1.165) is 6.54 Å². The number of aliphatic hydroxyl groups excluding tert-OH is 1. The third-order valence-electron chi connectivity index (χ3n) is 2.91. The molecule has 1 rings (SSSR count). The summed E-state index contributed by atoms with van der Waals surface area (Å²) >= 11 is 0. The van der Waals surface area contributed by atoms with E-state index in [0.29, 0.717) is 31.1 Å². The highest BCUT2D eigenvalue weighted by molar-refractivity contribution is 7.89. The molecule has 0 saturated heterocycles. The average Bonchev–Trinajstić information content (AvgIpc) is 2.85. The first-order valence-electron chi connectivity index (χ1n) is 7.27. The van der Waals surface area contributed by atoms with Gasteiger partial charge in [-0.25, -0.2) is 13.1 Å². The van der Waals surface area contributed by atoms with Crippen LogP contribution in [0.25, 0.3) is 0 Å². The molecule has 0 saturated carbocycles. The van der Waals surface area contributed by atoms with Crippen molar-refractivity contribution in [2.75, 3.05) is 13.2 Å². The summed E-state index contributed by atoms with van der Waals surface area (Å²) in [5.41, 5.74) is 0. The standard InChI is InChI=1S/C14H26N2O4S/c1-11(2)9-15-10-13-6-7-14(20-13)21(18,19)16-12(3)5-4-8-17/h6-7,11-12,15-17H,4-5,8-10H2,1-3H3. The number of nitrogens with one attached hydrogen (secondary N) is 2. The highest BCUT2D eigenvalue weighted by Gasteiger charge is 2.21. The van der Waals surface area contributed by atoms with Gasteiger partial charge in [-0.2, -0.15) is 0 Å². The van der Waals surface area contributed by atoms with Gasteiger partial charge in [0.1, 0.15) is 5.76 Å². The molecular weight excluding hydrogens is 292 g/mol. The zero-order valence-corrected chi connectivity index (χ0v) is 13.7. The minimum absolute atomic E-state index is 0.0541. The van der Waals surface area contributed by atoms with E-state index in [-0.39, 0.29) is 17.7 Å². The van der Waals surface area contributed by atoms with Gasteiger partial charge in [-0.15, -0.1) is 0 Å². The van der Waals surface area contributed by atoms with Crippen molar-refractivity contribution in [2.24, 2.45) is 5.92 Å². The largest absolute Gasteiger partial charge is 0.447 e. The van der Waals surface area contributed by atoms with Gasteiger partial charge < -0.3 is 14.8 Å². The van der Waals surface area contributed by atoms with Crippen LogP contribution >= 0.6 is 0 Å². The van der Waals surface area contributed by atoms with Crippen molar-refractivity contribution in [1.82, 2.24) is 10.0 Å². The molecule has 1 atom stereocenters. The Bertz CT molecular complexity index is 511. The zero-order chi connectivity index (χ0) is 15.9. The second-order valence-corrected chi connectivity index (χ2v) is 7.28. The van der Waals surface area contributed by atoms with Crippen LogP contribution in [-0.2, 0) is 16.6 Å². The Morgan fingerprint density at radius 2 is 2.00 bits per heavy atom. The molecule has 1 aromatic heterocycles. The van der Waals surface area contributed by atoms with Crippen LogP contribution in [0.4, 0.5) is 0 Å².